The van der Waals surface area contributed by atoms with Crippen LogP contribution in [0.5, 0.6) is 0 Å². The van der Waals surface area contributed by atoms with Gasteiger partial charge in [0.05, 0.1) is 5.69 Å². The topological polar surface area (TPSA) is 59.0 Å². The van der Waals surface area contributed by atoms with Crippen LogP contribution in [0.15, 0.2) is 12.3 Å². The van der Waals surface area contributed by atoms with Gasteiger partial charge >= 0.3 is 0 Å². The van der Waals surface area contributed by atoms with Gasteiger partial charge in [0.15, 0.2) is 0 Å². The molecule has 94 valence electrons. The Morgan fingerprint density at radius 1 is 1.65 bits per heavy atom. The molecule has 1 unspecified atom stereocenters. The minimum Gasteiger partial charge on any atom is -0.353 e. The lowest BCUT2D eigenvalue weighted by Gasteiger charge is -2.13. The number of hydrogen-bond donors (Lipinski definition) is 2. The Morgan fingerprint density at radius 2 is 2.41 bits per heavy atom. The van der Waals surface area contributed by atoms with Crippen LogP contribution in [0.1, 0.15) is 37.9 Å². The molecule has 0 spiro atoms. The van der Waals surface area contributed by atoms with Crippen molar-refractivity contribution >= 4 is 5.91 Å². The Kier molecular flexibility index (Phi) is 3.78. The van der Waals surface area contributed by atoms with Gasteiger partial charge in [0.2, 0.25) is 5.91 Å². The second-order valence-electron chi connectivity index (χ2n) is 4.65. The SMILES string of the molecule is CC(NCCC(=O)NC1CC1)c1ccnn1C. The molecule has 1 fully saturated rings. The number of aromatic nitrogens is 2. The molecule has 0 aliphatic heterocycles. The van der Waals surface area contributed by atoms with Crippen LogP contribution in [0, 0.1) is 0 Å². The number of aryl methyl sites for hydroxylation is 1. The third kappa shape index (κ3) is 3.56. The molecule has 1 aromatic heterocycles. The lowest BCUT2D eigenvalue weighted by molar-refractivity contribution is -0.121. The Hall–Kier alpha value is -1.36. The van der Waals surface area contributed by atoms with E-state index in [2.05, 4.69) is 22.7 Å². The average molecular weight is 236 g/mol. The van der Waals surface area contributed by atoms with Crippen LogP contribution in [0.25, 0.3) is 0 Å². The van der Waals surface area contributed by atoms with Gasteiger partial charge in [-0.2, -0.15) is 5.10 Å². The fourth-order valence-corrected chi connectivity index (χ4v) is 1.84. The lowest BCUT2D eigenvalue weighted by atomic mass is 10.2. The third-order valence-electron chi connectivity index (χ3n) is 3.05. The average Bonchev–Trinajstić information content (AvgIpc) is 2.98. The summed E-state index contributed by atoms with van der Waals surface area (Å²) in [5.41, 5.74) is 1.13. The number of rotatable bonds is 6. The number of nitrogens with one attached hydrogen (secondary N) is 2. The predicted octanol–water partition coefficient (Wildman–Crippen LogP) is 0.739. The molecular formula is C12H20N4O. The van der Waals surface area contributed by atoms with Gasteiger partial charge in [0.25, 0.3) is 0 Å². The van der Waals surface area contributed by atoms with Crippen molar-refractivity contribution in [2.75, 3.05) is 6.54 Å². The molecule has 1 aromatic rings. The van der Waals surface area contributed by atoms with E-state index in [-0.39, 0.29) is 11.9 Å². The Bertz CT molecular complexity index is 384. The van der Waals surface area contributed by atoms with E-state index in [0.717, 1.165) is 18.5 Å². The highest BCUT2D eigenvalue weighted by atomic mass is 16.1. The van der Waals surface area contributed by atoms with Crippen molar-refractivity contribution in [1.29, 1.82) is 0 Å². The van der Waals surface area contributed by atoms with Crippen molar-refractivity contribution in [2.24, 2.45) is 7.05 Å². The van der Waals surface area contributed by atoms with Crippen LogP contribution >= 0.6 is 0 Å². The van der Waals surface area contributed by atoms with E-state index in [0.29, 0.717) is 19.0 Å². The number of carbonyl (C=O) groups excluding carboxylic acids is 1. The largest absolute Gasteiger partial charge is 0.353 e. The maximum absolute atomic E-state index is 11.5. The first-order chi connectivity index (χ1) is 8.16. The molecule has 5 nitrogen and oxygen atoms in total. The van der Waals surface area contributed by atoms with Gasteiger partial charge in [-0.1, -0.05) is 0 Å². The third-order valence-corrected chi connectivity index (χ3v) is 3.05. The van der Waals surface area contributed by atoms with Crippen molar-refractivity contribution in [3.05, 3.63) is 18.0 Å². The molecule has 1 aliphatic rings. The first-order valence-electron chi connectivity index (χ1n) is 6.17. The molecule has 0 radical (unpaired) electrons. The van der Waals surface area contributed by atoms with E-state index in [4.69, 9.17) is 0 Å². The van der Waals surface area contributed by atoms with Gasteiger partial charge in [-0.3, -0.25) is 9.48 Å². The standard InChI is InChI=1S/C12H20N4O/c1-9(11-5-8-14-16(11)2)13-7-6-12(17)15-10-3-4-10/h5,8-10,13H,3-4,6-7H2,1-2H3,(H,15,17). The molecule has 0 saturated heterocycles. The highest BCUT2D eigenvalue weighted by Gasteiger charge is 2.22. The first kappa shape index (κ1) is 12.1. The van der Waals surface area contributed by atoms with E-state index in [1.165, 1.54) is 0 Å². The zero-order valence-electron chi connectivity index (χ0n) is 10.4. The van der Waals surface area contributed by atoms with Gasteiger partial charge in [-0.15, -0.1) is 0 Å². The summed E-state index contributed by atoms with van der Waals surface area (Å²) in [6.45, 7) is 2.78. The maximum Gasteiger partial charge on any atom is 0.221 e. The summed E-state index contributed by atoms with van der Waals surface area (Å²) >= 11 is 0. The smallest absolute Gasteiger partial charge is 0.221 e. The van der Waals surface area contributed by atoms with Crippen LogP contribution in [-0.2, 0) is 11.8 Å². The summed E-state index contributed by atoms with van der Waals surface area (Å²) in [5.74, 6) is 0.150. The summed E-state index contributed by atoms with van der Waals surface area (Å²) in [5, 5.41) is 10.4. The number of carbonyl (C=O) groups is 1. The summed E-state index contributed by atoms with van der Waals surface area (Å²) in [7, 11) is 1.92. The lowest BCUT2D eigenvalue weighted by Crippen LogP contribution is -2.30. The fraction of sp³-hybridized carbons (Fsp3) is 0.667. The predicted molar refractivity (Wildman–Crippen MR) is 65.4 cm³/mol. The van der Waals surface area contributed by atoms with Crippen LogP contribution in [0.2, 0.25) is 0 Å². The fourth-order valence-electron chi connectivity index (χ4n) is 1.84. The molecule has 5 heteroatoms. The molecule has 2 N–H and O–H groups in total. The van der Waals surface area contributed by atoms with E-state index >= 15 is 0 Å². The van der Waals surface area contributed by atoms with Gasteiger partial charge < -0.3 is 10.6 Å². The highest BCUT2D eigenvalue weighted by molar-refractivity contribution is 5.76. The summed E-state index contributed by atoms with van der Waals surface area (Å²) in [4.78, 5) is 11.5. The molecule has 0 bridgehead atoms. The number of nitrogens with zero attached hydrogens (tertiary/aromatic N) is 2. The molecule has 1 heterocycles. The maximum atomic E-state index is 11.5. The molecule has 0 aromatic carbocycles. The molecule has 17 heavy (non-hydrogen) atoms. The summed E-state index contributed by atoms with van der Waals surface area (Å²) in [6.07, 6.45) is 4.61. The monoisotopic (exact) mass is 236 g/mol. The van der Waals surface area contributed by atoms with Crippen LogP contribution < -0.4 is 10.6 Å². The molecule has 1 saturated carbocycles. The van der Waals surface area contributed by atoms with E-state index in [1.54, 1.807) is 6.20 Å². The van der Waals surface area contributed by atoms with Gasteiger partial charge in [-0.05, 0) is 25.8 Å². The Balaban J connectivity index is 1.67. The zero-order chi connectivity index (χ0) is 12.3. The first-order valence-corrected chi connectivity index (χ1v) is 6.17. The van der Waals surface area contributed by atoms with E-state index < -0.39 is 0 Å². The summed E-state index contributed by atoms with van der Waals surface area (Å²) in [6, 6.07) is 2.66. The second kappa shape index (κ2) is 5.31. The normalized spacial score (nSPS) is 16.8. The Labute approximate surface area is 102 Å². The highest BCUT2D eigenvalue weighted by Crippen LogP contribution is 2.18. The van der Waals surface area contributed by atoms with Crippen molar-refractivity contribution in [3.8, 4) is 0 Å². The zero-order valence-corrected chi connectivity index (χ0v) is 10.4. The van der Waals surface area contributed by atoms with Crippen LogP contribution in [-0.4, -0.2) is 28.3 Å². The summed E-state index contributed by atoms with van der Waals surface area (Å²) < 4.78 is 1.85. The molecule has 2 rings (SSSR count). The number of amides is 1. The number of hydrogen-bond acceptors (Lipinski definition) is 3. The van der Waals surface area contributed by atoms with E-state index in [1.807, 2.05) is 17.8 Å². The molecule has 1 amide bonds. The van der Waals surface area contributed by atoms with Crippen molar-refractivity contribution in [1.82, 2.24) is 20.4 Å². The second-order valence-corrected chi connectivity index (χ2v) is 4.65. The van der Waals surface area contributed by atoms with Gasteiger partial charge in [0.1, 0.15) is 0 Å². The minimum atomic E-state index is 0.150. The molecule has 1 aliphatic carbocycles. The van der Waals surface area contributed by atoms with E-state index in [9.17, 15) is 4.79 Å². The van der Waals surface area contributed by atoms with Crippen molar-refractivity contribution < 1.29 is 4.79 Å². The van der Waals surface area contributed by atoms with Crippen LogP contribution in [0.4, 0.5) is 0 Å². The molecule has 1 atom stereocenters. The minimum absolute atomic E-state index is 0.150. The van der Waals surface area contributed by atoms with Crippen molar-refractivity contribution in [3.63, 3.8) is 0 Å². The Morgan fingerprint density at radius 3 is 3.00 bits per heavy atom. The molecular weight excluding hydrogens is 216 g/mol. The van der Waals surface area contributed by atoms with Crippen molar-refractivity contribution in [2.45, 2.75) is 38.3 Å². The van der Waals surface area contributed by atoms with Gasteiger partial charge in [0, 0.05) is 38.3 Å². The van der Waals surface area contributed by atoms with Gasteiger partial charge in [-0.25, -0.2) is 0 Å². The quantitative estimate of drug-likeness (QED) is 0.766. The van der Waals surface area contributed by atoms with Crippen LogP contribution in [0.3, 0.4) is 0 Å².